The summed E-state index contributed by atoms with van der Waals surface area (Å²) in [6.07, 6.45) is 0.750. The van der Waals surface area contributed by atoms with Gasteiger partial charge in [-0.2, -0.15) is 0 Å². The van der Waals surface area contributed by atoms with Crippen LogP contribution in [0.5, 0.6) is 11.5 Å². The summed E-state index contributed by atoms with van der Waals surface area (Å²) in [7, 11) is 1.56. The highest BCUT2D eigenvalue weighted by Crippen LogP contribution is 2.23. The molecule has 0 aliphatic carbocycles. The fourth-order valence-corrected chi connectivity index (χ4v) is 2.03. The summed E-state index contributed by atoms with van der Waals surface area (Å²) < 4.78 is 10.7. The molecule has 0 spiro atoms. The summed E-state index contributed by atoms with van der Waals surface area (Å²) in [6.45, 7) is 0.314. The molecule has 0 saturated carbocycles. The summed E-state index contributed by atoms with van der Waals surface area (Å²) in [5.74, 6) is 1.14. The number of halogens is 1. The highest BCUT2D eigenvalue weighted by molar-refractivity contribution is 9.08. The van der Waals surface area contributed by atoms with Gasteiger partial charge < -0.3 is 9.47 Å². The molecule has 0 atom stereocenters. The van der Waals surface area contributed by atoms with Gasteiger partial charge >= 0.3 is 0 Å². The number of aromatic nitrogens is 1. The number of hydrogen-bond acceptors (Lipinski definition) is 4. The van der Waals surface area contributed by atoms with E-state index in [0.717, 1.165) is 17.7 Å². The fraction of sp³-hybridized carbons (Fsp3) is 0.200. The topological polar surface area (TPSA) is 48.4 Å². The highest BCUT2D eigenvalue weighted by atomic mass is 79.9. The van der Waals surface area contributed by atoms with Gasteiger partial charge in [-0.1, -0.05) is 22.0 Å². The van der Waals surface area contributed by atoms with Crippen molar-refractivity contribution in [1.29, 1.82) is 0 Å². The average Bonchev–Trinajstić information content (AvgIpc) is 2.52. The Hall–Kier alpha value is -1.88. The lowest BCUT2D eigenvalue weighted by Gasteiger charge is -2.10. The zero-order valence-corrected chi connectivity index (χ0v) is 12.6. The number of rotatable bonds is 6. The van der Waals surface area contributed by atoms with Crippen LogP contribution in [0.3, 0.4) is 0 Å². The van der Waals surface area contributed by atoms with Crippen molar-refractivity contribution < 1.29 is 14.3 Å². The molecule has 1 heterocycles. The normalized spacial score (nSPS) is 10.1. The predicted molar refractivity (Wildman–Crippen MR) is 79.6 cm³/mol. The van der Waals surface area contributed by atoms with E-state index < -0.39 is 0 Å². The van der Waals surface area contributed by atoms with Crippen LogP contribution >= 0.6 is 15.9 Å². The third-order valence-electron chi connectivity index (χ3n) is 2.72. The molecule has 0 unspecified atom stereocenters. The second kappa shape index (κ2) is 7.05. The fourth-order valence-electron chi connectivity index (χ4n) is 1.71. The third-order valence-corrected chi connectivity index (χ3v) is 3.30. The first-order valence-electron chi connectivity index (χ1n) is 6.03. The van der Waals surface area contributed by atoms with Crippen molar-refractivity contribution in [2.75, 3.05) is 7.11 Å². The number of hydrogen-bond donors (Lipinski definition) is 0. The number of alkyl halides is 1. The molecule has 0 radical (unpaired) electrons. The molecule has 0 fully saturated rings. The molecule has 104 valence electrons. The SMILES string of the molecule is COc1ccc(OCc2cccc(CBr)n2)c(C=O)c1. The van der Waals surface area contributed by atoms with Crippen molar-refractivity contribution in [3.8, 4) is 11.5 Å². The van der Waals surface area contributed by atoms with Gasteiger partial charge in [-0.15, -0.1) is 0 Å². The lowest BCUT2D eigenvalue weighted by Crippen LogP contribution is -2.02. The van der Waals surface area contributed by atoms with E-state index in [1.165, 1.54) is 0 Å². The van der Waals surface area contributed by atoms with Gasteiger partial charge in [-0.05, 0) is 30.3 Å². The summed E-state index contributed by atoms with van der Waals surface area (Å²) in [4.78, 5) is 15.5. The van der Waals surface area contributed by atoms with Gasteiger partial charge in [0.05, 0.1) is 24.1 Å². The molecule has 2 rings (SSSR count). The van der Waals surface area contributed by atoms with Crippen LogP contribution in [0.2, 0.25) is 0 Å². The quantitative estimate of drug-likeness (QED) is 0.599. The van der Waals surface area contributed by atoms with Gasteiger partial charge in [0.1, 0.15) is 18.1 Å². The van der Waals surface area contributed by atoms with E-state index in [1.54, 1.807) is 25.3 Å². The molecule has 1 aromatic heterocycles. The molecule has 0 aliphatic rings. The Morgan fingerprint density at radius 2 is 2.05 bits per heavy atom. The smallest absolute Gasteiger partial charge is 0.153 e. The first-order valence-corrected chi connectivity index (χ1v) is 7.15. The molecule has 2 aromatic rings. The molecule has 20 heavy (non-hydrogen) atoms. The minimum Gasteiger partial charge on any atom is -0.497 e. The largest absolute Gasteiger partial charge is 0.497 e. The van der Waals surface area contributed by atoms with Crippen LogP contribution in [0.25, 0.3) is 0 Å². The Morgan fingerprint density at radius 1 is 1.25 bits per heavy atom. The highest BCUT2D eigenvalue weighted by Gasteiger charge is 2.06. The number of aldehydes is 1. The Morgan fingerprint density at radius 3 is 2.75 bits per heavy atom. The molecule has 4 nitrogen and oxygen atoms in total. The Bertz CT molecular complexity index is 601. The molecule has 5 heteroatoms. The van der Waals surface area contributed by atoms with Gasteiger partial charge in [0.25, 0.3) is 0 Å². The van der Waals surface area contributed by atoms with E-state index in [9.17, 15) is 4.79 Å². The second-order valence-electron chi connectivity index (χ2n) is 4.06. The van der Waals surface area contributed by atoms with Crippen LogP contribution < -0.4 is 9.47 Å². The summed E-state index contributed by atoms with van der Waals surface area (Å²) in [6, 6.07) is 10.9. The Labute approximate surface area is 125 Å². The van der Waals surface area contributed by atoms with Gasteiger partial charge in [-0.3, -0.25) is 9.78 Å². The number of methoxy groups -OCH3 is 1. The monoisotopic (exact) mass is 335 g/mol. The third kappa shape index (κ3) is 3.57. The zero-order chi connectivity index (χ0) is 14.4. The molecule has 1 aromatic carbocycles. The zero-order valence-electron chi connectivity index (χ0n) is 11.0. The van der Waals surface area contributed by atoms with Crippen LogP contribution in [-0.4, -0.2) is 18.4 Å². The standard InChI is InChI=1S/C15H14BrNO3/c1-19-14-5-6-15(11(7-14)9-18)20-10-13-4-2-3-12(8-16)17-13/h2-7,9H,8,10H2,1H3. The molecular weight excluding hydrogens is 322 g/mol. The number of carbonyl (C=O) groups excluding carboxylic acids is 1. The van der Waals surface area contributed by atoms with E-state index >= 15 is 0 Å². The Kier molecular flexibility index (Phi) is 5.12. The number of ether oxygens (including phenoxy) is 2. The molecule has 0 N–H and O–H groups in total. The van der Waals surface area contributed by atoms with Crippen LogP contribution in [-0.2, 0) is 11.9 Å². The van der Waals surface area contributed by atoms with Crippen molar-refractivity contribution in [2.24, 2.45) is 0 Å². The van der Waals surface area contributed by atoms with Crippen LogP contribution in [0.15, 0.2) is 36.4 Å². The van der Waals surface area contributed by atoms with Crippen molar-refractivity contribution >= 4 is 22.2 Å². The van der Waals surface area contributed by atoms with Crippen LogP contribution in [0.4, 0.5) is 0 Å². The lowest BCUT2D eigenvalue weighted by molar-refractivity contribution is 0.111. The van der Waals surface area contributed by atoms with Gasteiger partial charge in [-0.25, -0.2) is 0 Å². The maximum Gasteiger partial charge on any atom is 0.153 e. The number of pyridine rings is 1. The van der Waals surface area contributed by atoms with E-state index in [-0.39, 0.29) is 0 Å². The van der Waals surface area contributed by atoms with E-state index in [4.69, 9.17) is 9.47 Å². The summed E-state index contributed by atoms with van der Waals surface area (Å²) in [5, 5.41) is 0.697. The van der Waals surface area contributed by atoms with Gasteiger partial charge in [0.2, 0.25) is 0 Å². The van der Waals surface area contributed by atoms with E-state index in [2.05, 4.69) is 20.9 Å². The maximum atomic E-state index is 11.0. The van der Waals surface area contributed by atoms with Crippen molar-refractivity contribution in [1.82, 2.24) is 4.98 Å². The molecular formula is C15H14BrNO3. The molecule has 0 amide bonds. The summed E-state index contributed by atoms with van der Waals surface area (Å²) in [5.41, 5.74) is 2.21. The van der Waals surface area contributed by atoms with Gasteiger partial charge in [0.15, 0.2) is 6.29 Å². The van der Waals surface area contributed by atoms with Crippen molar-refractivity contribution in [3.05, 3.63) is 53.3 Å². The number of benzene rings is 1. The minimum absolute atomic E-state index is 0.314. The van der Waals surface area contributed by atoms with E-state index in [0.29, 0.717) is 29.0 Å². The second-order valence-corrected chi connectivity index (χ2v) is 4.62. The maximum absolute atomic E-state index is 11.0. The number of nitrogens with zero attached hydrogens (tertiary/aromatic N) is 1. The minimum atomic E-state index is 0.314. The Balaban J connectivity index is 2.11. The summed E-state index contributed by atoms with van der Waals surface area (Å²) >= 11 is 3.36. The first kappa shape index (κ1) is 14.5. The average molecular weight is 336 g/mol. The number of carbonyl (C=O) groups is 1. The first-order chi connectivity index (χ1) is 9.76. The molecule has 0 saturated heterocycles. The van der Waals surface area contributed by atoms with Crippen molar-refractivity contribution in [2.45, 2.75) is 11.9 Å². The molecule has 0 bridgehead atoms. The van der Waals surface area contributed by atoms with Crippen molar-refractivity contribution in [3.63, 3.8) is 0 Å². The van der Waals surface area contributed by atoms with E-state index in [1.807, 2.05) is 18.2 Å². The van der Waals surface area contributed by atoms with Gasteiger partial charge in [0, 0.05) is 5.33 Å². The lowest BCUT2D eigenvalue weighted by atomic mass is 10.2. The molecule has 0 aliphatic heterocycles. The van der Waals surface area contributed by atoms with Crippen LogP contribution in [0.1, 0.15) is 21.7 Å². The predicted octanol–water partition coefficient (Wildman–Crippen LogP) is 3.38. The van der Waals surface area contributed by atoms with Crippen LogP contribution in [0, 0.1) is 0 Å².